The largest absolute Gasteiger partial charge is 0.379 e. The predicted molar refractivity (Wildman–Crippen MR) is 126 cm³/mol. The highest BCUT2D eigenvalue weighted by molar-refractivity contribution is 8.00. The van der Waals surface area contributed by atoms with Crippen LogP contribution in [0, 0.1) is 5.82 Å². The van der Waals surface area contributed by atoms with Crippen LogP contribution in [-0.2, 0) is 16.1 Å². The minimum atomic E-state index is -0.449. The molecule has 1 saturated heterocycles. The summed E-state index contributed by atoms with van der Waals surface area (Å²) in [6, 6.07) is 9.48. The first-order chi connectivity index (χ1) is 16.0. The molecule has 0 radical (unpaired) electrons. The van der Waals surface area contributed by atoms with Gasteiger partial charge in [0.1, 0.15) is 11.6 Å². The van der Waals surface area contributed by atoms with Crippen LogP contribution in [0.2, 0.25) is 5.02 Å². The van der Waals surface area contributed by atoms with Gasteiger partial charge in [0.05, 0.1) is 23.5 Å². The normalized spacial score (nSPS) is 15.4. The molecular weight excluding hydrogens is 467 g/mol. The van der Waals surface area contributed by atoms with Crippen LogP contribution in [-0.4, -0.2) is 68.7 Å². The summed E-state index contributed by atoms with van der Waals surface area (Å²) in [4.78, 5) is 19.1. The Morgan fingerprint density at radius 2 is 1.94 bits per heavy atom. The first kappa shape index (κ1) is 23.6. The number of ether oxygens (including phenoxy) is 1. The average Bonchev–Trinajstić information content (AvgIpc) is 3.22. The molecule has 1 aliphatic rings. The van der Waals surface area contributed by atoms with Crippen LogP contribution in [0.3, 0.4) is 0 Å². The lowest BCUT2D eigenvalue weighted by Crippen LogP contribution is -2.38. The summed E-state index contributed by atoms with van der Waals surface area (Å²) in [5.74, 6) is 0.546. The molecular formula is C22H24ClFN6O2S. The fourth-order valence-electron chi connectivity index (χ4n) is 3.35. The zero-order chi connectivity index (χ0) is 23.2. The van der Waals surface area contributed by atoms with Crippen LogP contribution in [0.1, 0.15) is 6.92 Å². The maximum atomic E-state index is 13.4. The van der Waals surface area contributed by atoms with E-state index >= 15 is 0 Å². The number of amides is 1. The number of pyridine rings is 1. The first-order valence-corrected chi connectivity index (χ1v) is 11.8. The third kappa shape index (κ3) is 6.29. The minimum absolute atomic E-state index is 0.208. The van der Waals surface area contributed by atoms with Gasteiger partial charge >= 0.3 is 0 Å². The fraction of sp³-hybridized carbons (Fsp3) is 0.364. The van der Waals surface area contributed by atoms with Crippen molar-refractivity contribution in [2.45, 2.75) is 23.9 Å². The predicted octanol–water partition coefficient (Wildman–Crippen LogP) is 3.58. The van der Waals surface area contributed by atoms with E-state index in [4.69, 9.17) is 16.3 Å². The minimum Gasteiger partial charge on any atom is -0.379 e. The second-order valence-corrected chi connectivity index (χ2v) is 9.27. The van der Waals surface area contributed by atoms with Crippen LogP contribution in [0.25, 0.3) is 11.4 Å². The van der Waals surface area contributed by atoms with Gasteiger partial charge in [-0.3, -0.25) is 9.69 Å². The summed E-state index contributed by atoms with van der Waals surface area (Å²) in [5, 5.41) is 12.2. The Labute approximate surface area is 200 Å². The summed E-state index contributed by atoms with van der Waals surface area (Å²) >= 11 is 7.17. The lowest BCUT2D eigenvalue weighted by molar-refractivity contribution is -0.115. The Kier molecular flexibility index (Phi) is 7.92. The van der Waals surface area contributed by atoms with Gasteiger partial charge in [-0.15, -0.1) is 10.2 Å². The smallest absolute Gasteiger partial charge is 0.238 e. The molecule has 1 atom stereocenters. The fourth-order valence-corrected chi connectivity index (χ4v) is 4.33. The molecule has 0 spiro atoms. The van der Waals surface area contributed by atoms with Gasteiger partial charge < -0.3 is 14.6 Å². The standard InChI is InChI=1S/C22H24ClFN6O2S/c1-15(21(31)26-19-7-4-17(23)14-25-19)33-22-28-27-20(16-2-5-18(24)6-3-16)30(22)9-8-29-10-12-32-13-11-29/h2-7,14-15H,8-13H2,1H3,(H,25,26,31). The number of hydrogen-bond donors (Lipinski definition) is 1. The van der Waals surface area contributed by atoms with E-state index in [1.54, 1.807) is 31.2 Å². The number of carbonyl (C=O) groups excluding carboxylic acids is 1. The van der Waals surface area contributed by atoms with E-state index in [2.05, 4.69) is 25.4 Å². The van der Waals surface area contributed by atoms with Gasteiger partial charge in [0.15, 0.2) is 11.0 Å². The highest BCUT2D eigenvalue weighted by atomic mass is 35.5. The summed E-state index contributed by atoms with van der Waals surface area (Å²) in [7, 11) is 0. The van der Waals surface area contributed by atoms with Crippen LogP contribution < -0.4 is 5.32 Å². The molecule has 0 bridgehead atoms. The van der Waals surface area contributed by atoms with Crippen molar-refractivity contribution in [2.75, 3.05) is 38.2 Å². The Morgan fingerprint density at radius 1 is 1.18 bits per heavy atom. The molecule has 3 aromatic rings. The zero-order valence-electron chi connectivity index (χ0n) is 18.1. The molecule has 1 N–H and O–H groups in total. The number of nitrogens with zero attached hydrogens (tertiary/aromatic N) is 5. The van der Waals surface area contributed by atoms with Gasteiger partial charge in [0, 0.05) is 37.9 Å². The number of anilines is 1. The van der Waals surface area contributed by atoms with E-state index in [0.29, 0.717) is 41.6 Å². The average molecular weight is 491 g/mol. The van der Waals surface area contributed by atoms with Gasteiger partial charge in [-0.1, -0.05) is 23.4 Å². The van der Waals surface area contributed by atoms with E-state index < -0.39 is 5.25 Å². The van der Waals surface area contributed by atoms with E-state index in [1.807, 2.05) is 4.57 Å². The molecule has 1 aliphatic heterocycles. The van der Waals surface area contributed by atoms with Crippen LogP contribution in [0.5, 0.6) is 0 Å². The van der Waals surface area contributed by atoms with Crippen molar-refractivity contribution < 1.29 is 13.9 Å². The molecule has 33 heavy (non-hydrogen) atoms. The summed E-state index contributed by atoms with van der Waals surface area (Å²) < 4.78 is 20.9. The highest BCUT2D eigenvalue weighted by Gasteiger charge is 2.22. The monoisotopic (exact) mass is 490 g/mol. The molecule has 3 heterocycles. The number of hydrogen-bond acceptors (Lipinski definition) is 7. The third-order valence-electron chi connectivity index (χ3n) is 5.19. The van der Waals surface area contributed by atoms with Gasteiger partial charge in [-0.05, 0) is 43.3 Å². The number of rotatable bonds is 8. The van der Waals surface area contributed by atoms with E-state index in [1.165, 1.54) is 30.1 Å². The van der Waals surface area contributed by atoms with E-state index in [-0.39, 0.29) is 11.7 Å². The van der Waals surface area contributed by atoms with Crippen molar-refractivity contribution in [3.05, 3.63) is 53.4 Å². The molecule has 1 aromatic carbocycles. The van der Waals surface area contributed by atoms with E-state index in [9.17, 15) is 9.18 Å². The summed E-state index contributed by atoms with van der Waals surface area (Å²) in [5.41, 5.74) is 0.764. The SMILES string of the molecule is CC(Sc1nnc(-c2ccc(F)cc2)n1CCN1CCOCC1)C(=O)Nc1ccc(Cl)cn1. The molecule has 4 rings (SSSR count). The Balaban J connectivity index is 1.51. The summed E-state index contributed by atoms with van der Waals surface area (Å²) in [6.45, 7) is 6.38. The van der Waals surface area contributed by atoms with Gasteiger partial charge in [-0.25, -0.2) is 9.37 Å². The number of carbonyl (C=O) groups is 1. The molecule has 1 unspecified atom stereocenters. The number of thioether (sulfide) groups is 1. The molecule has 2 aromatic heterocycles. The number of benzene rings is 1. The van der Waals surface area contributed by atoms with Crippen molar-refractivity contribution in [1.82, 2.24) is 24.6 Å². The van der Waals surface area contributed by atoms with E-state index in [0.717, 1.165) is 25.2 Å². The summed E-state index contributed by atoms with van der Waals surface area (Å²) in [6.07, 6.45) is 1.48. The number of halogens is 2. The van der Waals surface area contributed by atoms with Crippen LogP contribution in [0.15, 0.2) is 47.8 Å². The van der Waals surface area contributed by atoms with Crippen LogP contribution in [0.4, 0.5) is 10.2 Å². The number of nitrogens with one attached hydrogen (secondary N) is 1. The number of morpholine rings is 1. The second kappa shape index (κ2) is 11.1. The molecule has 1 amide bonds. The Morgan fingerprint density at radius 3 is 2.64 bits per heavy atom. The lowest BCUT2D eigenvalue weighted by Gasteiger charge is -2.27. The van der Waals surface area contributed by atoms with Gasteiger partial charge in [0.25, 0.3) is 0 Å². The van der Waals surface area contributed by atoms with Crippen molar-refractivity contribution in [2.24, 2.45) is 0 Å². The second-order valence-electron chi connectivity index (χ2n) is 7.53. The van der Waals surface area contributed by atoms with Gasteiger partial charge in [0.2, 0.25) is 5.91 Å². The van der Waals surface area contributed by atoms with Crippen molar-refractivity contribution in [1.29, 1.82) is 0 Å². The lowest BCUT2D eigenvalue weighted by atomic mass is 10.2. The molecule has 174 valence electrons. The zero-order valence-corrected chi connectivity index (χ0v) is 19.7. The van der Waals surface area contributed by atoms with Gasteiger partial charge in [-0.2, -0.15) is 0 Å². The first-order valence-electron chi connectivity index (χ1n) is 10.6. The Hall–Kier alpha value is -2.53. The topological polar surface area (TPSA) is 85.2 Å². The number of aromatic nitrogens is 4. The molecule has 0 saturated carbocycles. The molecule has 0 aliphatic carbocycles. The molecule has 1 fully saturated rings. The van der Waals surface area contributed by atoms with Crippen molar-refractivity contribution in [3.63, 3.8) is 0 Å². The van der Waals surface area contributed by atoms with Crippen molar-refractivity contribution in [3.8, 4) is 11.4 Å². The maximum Gasteiger partial charge on any atom is 0.238 e. The molecule has 11 heteroatoms. The molecule has 8 nitrogen and oxygen atoms in total. The quantitative estimate of drug-likeness (QED) is 0.483. The third-order valence-corrected chi connectivity index (χ3v) is 6.50. The Bertz CT molecular complexity index is 1070. The maximum absolute atomic E-state index is 13.4. The highest BCUT2D eigenvalue weighted by Crippen LogP contribution is 2.28. The van der Waals surface area contributed by atoms with Crippen molar-refractivity contribution >= 4 is 35.1 Å². The van der Waals surface area contributed by atoms with Crippen LogP contribution >= 0.6 is 23.4 Å².